The zero-order valence-electron chi connectivity index (χ0n) is 12.9. The minimum Gasteiger partial charge on any atom is -0.466 e. The Kier molecular flexibility index (Phi) is 6.15. The number of amides is 1. The van der Waals surface area contributed by atoms with E-state index in [1.807, 2.05) is 13.8 Å². The molecule has 2 aromatic rings. The minimum atomic E-state index is -3.81. The molecule has 1 aromatic heterocycles. The first kappa shape index (κ1) is 18.6. The monoisotopic (exact) mass is 388 g/mol. The zero-order chi connectivity index (χ0) is 17.7. The van der Waals surface area contributed by atoms with Crippen LogP contribution in [0, 0.1) is 0 Å². The largest absolute Gasteiger partial charge is 0.466 e. The Hall–Kier alpha value is -1.69. The van der Waals surface area contributed by atoms with Crippen LogP contribution in [0.25, 0.3) is 0 Å². The van der Waals surface area contributed by atoms with Crippen LogP contribution in [0.15, 0.2) is 33.5 Å². The van der Waals surface area contributed by atoms with Crippen molar-refractivity contribution in [2.24, 2.45) is 5.14 Å². The van der Waals surface area contributed by atoms with E-state index in [1.54, 1.807) is 6.07 Å². The van der Waals surface area contributed by atoms with E-state index in [-0.39, 0.29) is 22.7 Å². The number of nitrogens with zero attached hydrogens (tertiary/aromatic N) is 2. The Morgan fingerprint density at radius 2 is 2.17 bits per heavy atom. The predicted octanol–water partition coefficient (Wildman–Crippen LogP) is 1.70. The summed E-state index contributed by atoms with van der Waals surface area (Å²) >= 11 is 2.47. The van der Waals surface area contributed by atoms with Crippen molar-refractivity contribution in [3.63, 3.8) is 0 Å². The SMILES string of the molecule is CC(C)Oc1nnc(SCC(=O)Nc2cccc(S(N)(=O)=O)c2)s1. The summed E-state index contributed by atoms with van der Waals surface area (Å²) in [6.07, 6.45) is 0.00481. The number of carbonyl (C=O) groups excluding carboxylic acids is 1. The molecule has 2 rings (SSSR count). The summed E-state index contributed by atoms with van der Waals surface area (Å²) in [5.74, 6) is -0.191. The highest BCUT2D eigenvalue weighted by Gasteiger charge is 2.12. The van der Waals surface area contributed by atoms with Gasteiger partial charge in [0.2, 0.25) is 15.9 Å². The molecule has 3 N–H and O–H groups in total. The molecule has 0 aliphatic rings. The van der Waals surface area contributed by atoms with Gasteiger partial charge in [-0.1, -0.05) is 22.9 Å². The number of rotatable bonds is 7. The van der Waals surface area contributed by atoms with Gasteiger partial charge < -0.3 is 10.1 Å². The van der Waals surface area contributed by atoms with E-state index in [2.05, 4.69) is 15.5 Å². The van der Waals surface area contributed by atoms with Gasteiger partial charge >= 0.3 is 0 Å². The molecule has 0 saturated heterocycles. The molecular weight excluding hydrogens is 372 g/mol. The fourth-order valence-electron chi connectivity index (χ4n) is 1.58. The lowest BCUT2D eigenvalue weighted by Crippen LogP contribution is -2.16. The molecule has 1 heterocycles. The lowest BCUT2D eigenvalue weighted by Gasteiger charge is -2.06. The first-order chi connectivity index (χ1) is 11.2. The van der Waals surface area contributed by atoms with Crippen molar-refractivity contribution in [1.29, 1.82) is 0 Å². The summed E-state index contributed by atoms with van der Waals surface area (Å²) in [7, 11) is -3.81. The van der Waals surface area contributed by atoms with Crippen molar-refractivity contribution in [3.05, 3.63) is 24.3 Å². The average Bonchev–Trinajstić information content (AvgIpc) is 2.91. The molecule has 0 aliphatic carbocycles. The Bertz CT molecular complexity index is 820. The number of hydrogen-bond acceptors (Lipinski definition) is 8. The molecule has 8 nitrogen and oxygen atoms in total. The Balaban J connectivity index is 1.91. The molecule has 130 valence electrons. The fourth-order valence-corrected chi connectivity index (χ4v) is 3.74. The van der Waals surface area contributed by atoms with E-state index < -0.39 is 10.0 Å². The van der Waals surface area contributed by atoms with Gasteiger partial charge in [0.05, 0.1) is 16.8 Å². The number of benzene rings is 1. The first-order valence-electron chi connectivity index (χ1n) is 6.79. The van der Waals surface area contributed by atoms with Crippen molar-refractivity contribution >= 4 is 44.7 Å². The van der Waals surface area contributed by atoms with Gasteiger partial charge in [0.15, 0.2) is 4.34 Å². The molecule has 11 heteroatoms. The molecule has 24 heavy (non-hydrogen) atoms. The number of hydrogen-bond donors (Lipinski definition) is 2. The Morgan fingerprint density at radius 1 is 1.42 bits per heavy atom. The molecule has 0 aliphatic heterocycles. The number of primary sulfonamides is 1. The molecule has 1 aromatic carbocycles. The fraction of sp³-hybridized carbons (Fsp3) is 0.308. The topological polar surface area (TPSA) is 124 Å². The molecule has 0 saturated carbocycles. The molecule has 0 radical (unpaired) electrons. The van der Waals surface area contributed by atoms with Crippen LogP contribution in [0.1, 0.15) is 13.8 Å². The van der Waals surface area contributed by atoms with E-state index in [0.29, 0.717) is 15.2 Å². The van der Waals surface area contributed by atoms with Crippen molar-refractivity contribution in [2.75, 3.05) is 11.1 Å². The molecule has 0 spiro atoms. The normalized spacial score (nSPS) is 11.5. The number of nitrogens with two attached hydrogens (primary N) is 1. The highest BCUT2D eigenvalue weighted by molar-refractivity contribution is 8.01. The number of thioether (sulfide) groups is 1. The lowest BCUT2D eigenvalue weighted by molar-refractivity contribution is -0.113. The highest BCUT2D eigenvalue weighted by atomic mass is 32.2. The zero-order valence-corrected chi connectivity index (χ0v) is 15.4. The van der Waals surface area contributed by atoms with Crippen LogP contribution in [-0.2, 0) is 14.8 Å². The van der Waals surface area contributed by atoms with E-state index >= 15 is 0 Å². The minimum absolute atomic E-state index is 0.00481. The van der Waals surface area contributed by atoms with E-state index in [1.165, 1.54) is 41.3 Å². The molecule has 0 fully saturated rings. The molecule has 0 atom stereocenters. The summed E-state index contributed by atoms with van der Waals surface area (Å²) in [6.45, 7) is 3.77. The summed E-state index contributed by atoms with van der Waals surface area (Å²) in [4.78, 5) is 11.9. The quantitative estimate of drug-likeness (QED) is 0.692. The highest BCUT2D eigenvalue weighted by Crippen LogP contribution is 2.27. The van der Waals surface area contributed by atoms with Crippen LogP contribution in [0.4, 0.5) is 5.69 Å². The molecule has 0 unspecified atom stereocenters. The maximum atomic E-state index is 11.9. The summed E-state index contributed by atoms with van der Waals surface area (Å²) in [5.41, 5.74) is 0.355. The number of anilines is 1. The van der Waals surface area contributed by atoms with Crippen LogP contribution in [-0.4, -0.2) is 36.4 Å². The number of nitrogens with one attached hydrogen (secondary N) is 1. The Morgan fingerprint density at radius 3 is 2.83 bits per heavy atom. The van der Waals surface area contributed by atoms with Gasteiger partial charge in [-0.05, 0) is 43.4 Å². The molecule has 0 bridgehead atoms. The van der Waals surface area contributed by atoms with Crippen LogP contribution in [0.3, 0.4) is 0 Å². The average molecular weight is 388 g/mol. The predicted molar refractivity (Wildman–Crippen MR) is 92.8 cm³/mol. The van der Waals surface area contributed by atoms with Crippen LogP contribution in [0.2, 0.25) is 0 Å². The summed E-state index contributed by atoms with van der Waals surface area (Å²) in [6, 6.07) is 5.74. The second-order valence-electron chi connectivity index (χ2n) is 4.91. The molecule has 1 amide bonds. The van der Waals surface area contributed by atoms with Gasteiger partial charge in [0.25, 0.3) is 5.19 Å². The van der Waals surface area contributed by atoms with Crippen molar-refractivity contribution in [1.82, 2.24) is 10.2 Å². The lowest BCUT2D eigenvalue weighted by atomic mass is 10.3. The van der Waals surface area contributed by atoms with E-state index in [0.717, 1.165) is 0 Å². The standard InChI is InChI=1S/C13H16N4O4S3/c1-8(2)21-12-16-17-13(23-12)22-7-11(18)15-9-4-3-5-10(6-9)24(14,19)20/h3-6,8H,7H2,1-2H3,(H,15,18)(H2,14,19,20). The smallest absolute Gasteiger partial charge is 0.295 e. The number of sulfonamides is 1. The maximum Gasteiger partial charge on any atom is 0.295 e. The van der Waals surface area contributed by atoms with Crippen LogP contribution in [0.5, 0.6) is 5.19 Å². The van der Waals surface area contributed by atoms with E-state index in [4.69, 9.17) is 9.88 Å². The van der Waals surface area contributed by atoms with Gasteiger partial charge in [-0.3, -0.25) is 4.79 Å². The molecular formula is C13H16N4O4S3. The third-order valence-electron chi connectivity index (χ3n) is 2.50. The summed E-state index contributed by atoms with van der Waals surface area (Å²) < 4.78 is 28.6. The number of ether oxygens (including phenoxy) is 1. The van der Waals surface area contributed by atoms with Gasteiger partial charge in [0, 0.05) is 5.69 Å². The third kappa shape index (κ3) is 5.74. The third-order valence-corrected chi connectivity index (χ3v) is 5.36. The van der Waals surface area contributed by atoms with Gasteiger partial charge in [-0.25, -0.2) is 13.6 Å². The Labute approximate surface area is 147 Å². The van der Waals surface area contributed by atoms with Crippen molar-refractivity contribution in [2.45, 2.75) is 29.2 Å². The van der Waals surface area contributed by atoms with E-state index in [9.17, 15) is 13.2 Å². The van der Waals surface area contributed by atoms with Crippen molar-refractivity contribution in [3.8, 4) is 5.19 Å². The summed E-state index contributed by atoms with van der Waals surface area (Å²) in [5, 5.41) is 15.9. The maximum absolute atomic E-state index is 11.9. The van der Waals surface area contributed by atoms with Crippen molar-refractivity contribution < 1.29 is 17.9 Å². The second kappa shape index (κ2) is 7.92. The van der Waals surface area contributed by atoms with Gasteiger partial charge in [0.1, 0.15) is 0 Å². The van der Waals surface area contributed by atoms with Crippen LogP contribution >= 0.6 is 23.1 Å². The first-order valence-corrected chi connectivity index (χ1v) is 10.1. The number of carbonyl (C=O) groups is 1. The number of aromatic nitrogens is 2. The van der Waals surface area contributed by atoms with Crippen LogP contribution < -0.4 is 15.2 Å². The van der Waals surface area contributed by atoms with Gasteiger partial charge in [-0.2, -0.15) is 0 Å². The van der Waals surface area contributed by atoms with Gasteiger partial charge in [-0.15, -0.1) is 5.10 Å². The second-order valence-corrected chi connectivity index (χ2v) is 8.63.